The zero-order chi connectivity index (χ0) is 16.7. The molecule has 1 aliphatic carbocycles. The monoisotopic (exact) mass is 315 g/mol. The molecule has 1 aromatic heterocycles. The Bertz CT molecular complexity index is 891. The van der Waals surface area contributed by atoms with Gasteiger partial charge in [0.25, 0.3) is 0 Å². The number of rotatable bonds is 2. The molecule has 0 aliphatic heterocycles. The fourth-order valence-electron chi connectivity index (χ4n) is 3.08. The summed E-state index contributed by atoms with van der Waals surface area (Å²) < 4.78 is 2.91. The smallest absolute Gasteiger partial charge is 0.326 e. The molecule has 0 bridgehead atoms. The van der Waals surface area contributed by atoms with Crippen LogP contribution in [-0.2, 0) is 21.4 Å². The highest BCUT2D eigenvalue weighted by Crippen LogP contribution is 2.27. The zero-order valence-corrected chi connectivity index (χ0v) is 13.0. The second-order valence-electron chi connectivity index (χ2n) is 5.83. The maximum Gasteiger partial charge on any atom is 0.329 e. The Hall–Kier alpha value is -2.70. The number of fused-ring (bicyclic) bond motifs is 1. The molecule has 7 heteroatoms. The summed E-state index contributed by atoms with van der Waals surface area (Å²) in [5.41, 5.74) is 1.54. The topological polar surface area (TPSA) is 90.2 Å². The van der Waals surface area contributed by atoms with Crippen LogP contribution in [-0.4, -0.2) is 26.6 Å². The molecule has 1 fully saturated rings. The fraction of sp³-hybridized carbons (Fsp3) is 0.375. The van der Waals surface area contributed by atoms with E-state index in [1.54, 1.807) is 25.2 Å². The van der Waals surface area contributed by atoms with E-state index in [2.05, 4.69) is 5.32 Å². The first-order valence-electron chi connectivity index (χ1n) is 7.41. The van der Waals surface area contributed by atoms with Gasteiger partial charge in [0.2, 0.25) is 5.91 Å². The van der Waals surface area contributed by atoms with Crippen molar-refractivity contribution in [1.29, 1.82) is 0 Å². The Morgan fingerprint density at radius 1 is 1.22 bits per heavy atom. The van der Waals surface area contributed by atoms with Crippen LogP contribution in [0.5, 0.6) is 0 Å². The maximum atomic E-state index is 12.5. The fourth-order valence-corrected chi connectivity index (χ4v) is 3.08. The minimum atomic E-state index is -0.601. The average molecular weight is 315 g/mol. The van der Waals surface area contributed by atoms with Crippen LogP contribution >= 0.6 is 0 Å². The predicted octanol–water partition coefficient (Wildman–Crippen LogP) is 1.16. The van der Waals surface area contributed by atoms with Crippen LogP contribution in [0.4, 0.5) is 5.69 Å². The van der Waals surface area contributed by atoms with Crippen molar-refractivity contribution in [2.75, 3.05) is 5.32 Å². The molecular formula is C16H17N3O4. The predicted molar refractivity (Wildman–Crippen MR) is 84.4 cm³/mol. The molecule has 1 unspecified atom stereocenters. The van der Waals surface area contributed by atoms with Crippen molar-refractivity contribution in [2.45, 2.75) is 32.2 Å². The molecule has 1 saturated carbocycles. The van der Waals surface area contributed by atoms with Gasteiger partial charge >= 0.3 is 5.69 Å². The van der Waals surface area contributed by atoms with Gasteiger partial charge in [-0.05, 0) is 24.6 Å². The van der Waals surface area contributed by atoms with Crippen molar-refractivity contribution in [3.63, 3.8) is 0 Å². The molecule has 1 heterocycles. The van der Waals surface area contributed by atoms with Gasteiger partial charge in [-0.2, -0.15) is 0 Å². The standard InChI is InChI=1S/C16H17N3O4/c1-9(20)17-10-3-5-12-14(7-10)18(2)16(23)19(12)13-6-4-11(21)8-15(13)22/h3,5,7,13H,4,6,8H2,1-2H3,(H,17,20). The summed E-state index contributed by atoms with van der Waals surface area (Å²) in [6, 6.07) is 4.51. The molecule has 3 rings (SSSR count). The van der Waals surface area contributed by atoms with Crippen LogP contribution in [0, 0.1) is 0 Å². The molecule has 1 amide bonds. The highest BCUT2D eigenvalue weighted by Gasteiger charge is 2.31. The minimum Gasteiger partial charge on any atom is -0.326 e. The molecule has 1 N–H and O–H groups in total. The van der Waals surface area contributed by atoms with E-state index in [0.29, 0.717) is 29.6 Å². The second-order valence-corrected chi connectivity index (χ2v) is 5.83. The first kappa shape index (κ1) is 15.2. The Labute approximate surface area is 131 Å². The highest BCUT2D eigenvalue weighted by molar-refractivity contribution is 6.03. The lowest BCUT2D eigenvalue weighted by Crippen LogP contribution is -2.34. The van der Waals surface area contributed by atoms with E-state index in [0.717, 1.165) is 0 Å². The van der Waals surface area contributed by atoms with Crippen LogP contribution in [0.3, 0.4) is 0 Å². The van der Waals surface area contributed by atoms with Crippen LogP contribution in [0.25, 0.3) is 11.0 Å². The summed E-state index contributed by atoms with van der Waals surface area (Å²) in [6.45, 7) is 1.41. The third-order valence-electron chi connectivity index (χ3n) is 4.16. The van der Waals surface area contributed by atoms with Gasteiger partial charge in [0, 0.05) is 26.1 Å². The molecule has 2 aromatic rings. The molecule has 1 aliphatic rings. The van der Waals surface area contributed by atoms with Crippen LogP contribution in [0.15, 0.2) is 23.0 Å². The summed E-state index contributed by atoms with van der Waals surface area (Å²) in [4.78, 5) is 47.3. The van der Waals surface area contributed by atoms with E-state index in [-0.39, 0.29) is 29.6 Å². The molecule has 0 saturated heterocycles. The molecule has 1 aromatic carbocycles. The number of amides is 1. The third-order valence-corrected chi connectivity index (χ3v) is 4.16. The number of imidazole rings is 1. The molecule has 120 valence electrons. The van der Waals surface area contributed by atoms with Gasteiger partial charge in [-0.15, -0.1) is 0 Å². The van der Waals surface area contributed by atoms with E-state index in [1.165, 1.54) is 16.1 Å². The Balaban J connectivity index is 2.13. The average Bonchev–Trinajstić information content (AvgIpc) is 2.71. The lowest BCUT2D eigenvalue weighted by Gasteiger charge is -2.21. The lowest BCUT2D eigenvalue weighted by atomic mass is 9.93. The van der Waals surface area contributed by atoms with Gasteiger partial charge in [-0.25, -0.2) is 4.79 Å². The number of Topliss-reactive ketones (excluding diaryl/α,β-unsaturated/α-hetero) is 2. The summed E-state index contributed by atoms with van der Waals surface area (Å²) in [6.07, 6.45) is 0.546. The number of carbonyl (C=O) groups is 3. The van der Waals surface area contributed by atoms with Gasteiger partial charge in [-0.3, -0.25) is 23.5 Å². The first-order chi connectivity index (χ1) is 10.9. The number of nitrogens with zero attached hydrogens (tertiary/aromatic N) is 2. The number of anilines is 1. The molecule has 1 atom stereocenters. The van der Waals surface area contributed by atoms with Gasteiger partial charge in [0.05, 0.1) is 23.5 Å². The number of ketones is 2. The SMILES string of the molecule is CC(=O)Nc1ccc2c(c1)n(C)c(=O)n2C1CCC(=O)CC1=O. The number of aryl methyl sites for hydroxylation is 1. The van der Waals surface area contributed by atoms with E-state index in [9.17, 15) is 19.2 Å². The number of aromatic nitrogens is 2. The lowest BCUT2D eigenvalue weighted by molar-refractivity contribution is -0.132. The number of carbonyl (C=O) groups excluding carboxylic acids is 3. The molecule has 7 nitrogen and oxygen atoms in total. The van der Waals surface area contributed by atoms with Crippen molar-refractivity contribution in [1.82, 2.24) is 9.13 Å². The number of benzene rings is 1. The zero-order valence-electron chi connectivity index (χ0n) is 13.0. The quantitative estimate of drug-likeness (QED) is 0.842. The number of hydrogen-bond donors (Lipinski definition) is 1. The largest absolute Gasteiger partial charge is 0.329 e. The van der Waals surface area contributed by atoms with Crippen LogP contribution in [0.2, 0.25) is 0 Å². The summed E-state index contributed by atoms with van der Waals surface area (Å²) in [5, 5.41) is 2.67. The van der Waals surface area contributed by atoms with Crippen molar-refractivity contribution in [3.8, 4) is 0 Å². The van der Waals surface area contributed by atoms with Crippen molar-refractivity contribution in [2.24, 2.45) is 7.05 Å². The van der Waals surface area contributed by atoms with E-state index < -0.39 is 6.04 Å². The van der Waals surface area contributed by atoms with Crippen LogP contribution in [0.1, 0.15) is 32.2 Å². The number of nitrogens with one attached hydrogen (secondary N) is 1. The van der Waals surface area contributed by atoms with Gasteiger partial charge in [0.1, 0.15) is 5.78 Å². The molecular weight excluding hydrogens is 298 g/mol. The van der Waals surface area contributed by atoms with Gasteiger partial charge in [0.15, 0.2) is 5.78 Å². The summed E-state index contributed by atoms with van der Waals surface area (Å²) >= 11 is 0. The third kappa shape index (κ3) is 2.58. The summed E-state index contributed by atoms with van der Waals surface area (Å²) in [5.74, 6) is -0.496. The highest BCUT2D eigenvalue weighted by atomic mass is 16.2. The normalized spacial score (nSPS) is 18.4. The maximum absolute atomic E-state index is 12.5. The van der Waals surface area contributed by atoms with Crippen molar-refractivity contribution >= 4 is 34.2 Å². The molecule has 0 spiro atoms. The van der Waals surface area contributed by atoms with Gasteiger partial charge < -0.3 is 5.32 Å². The first-order valence-corrected chi connectivity index (χ1v) is 7.41. The van der Waals surface area contributed by atoms with Crippen molar-refractivity contribution < 1.29 is 14.4 Å². The van der Waals surface area contributed by atoms with E-state index in [4.69, 9.17) is 0 Å². The Morgan fingerprint density at radius 2 is 1.96 bits per heavy atom. The second kappa shape index (κ2) is 5.49. The summed E-state index contributed by atoms with van der Waals surface area (Å²) in [7, 11) is 1.62. The molecule has 23 heavy (non-hydrogen) atoms. The van der Waals surface area contributed by atoms with Crippen LogP contribution < -0.4 is 11.0 Å². The van der Waals surface area contributed by atoms with Gasteiger partial charge in [-0.1, -0.05) is 0 Å². The van der Waals surface area contributed by atoms with E-state index >= 15 is 0 Å². The van der Waals surface area contributed by atoms with Crippen molar-refractivity contribution in [3.05, 3.63) is 28.7 Å². The minimum absolute atomic E-state index is 0.0764. The Kier molecular flexibility index (Phi) is 3.63. The van der Waals surface area contributed by atoms with E-state index in [1.807, 2.05) is 0 Å². The number of hydrogen-bond acceptors (Lipinski definition) is 4. The molecule has 0 radical (unpaired) electrons. The Morgan fingerprint density at radius 3 is 2.61 bits per heavy atom.